The predicted molar refractivity (Wildman–Crippen MR) is 87.1 cm³/mol. The second-order valence-electron chi connectivity index (χ2n) is 4.42. The Balaban J connectivity index is 1.95. The number of anilines is 2. The minimum absolute atomic E-state index is 0.0501. The summed E-state index contributed by atoms with van der Waals surface area (Å²) in [7, 11) is 0. The highest BCUT2D eigenvalue weighted by molar-refractivity contribution is 9.10. The molecule has 0 aliphatic carbocycles. The van der Waals surface area contributed by atoms with Crippen LogP contribution in [-0.4, -0.2) is 12.5 Å². The molecule has 0 aliphatic rings. The van der Waals surface area contributed by atoms with Crippen molar-refractivity contribution in [2.75, 3.05) is 17.2 Å². The lowest BCUT2D eigenvalue weighted by atomic mass is 10.1. The molecule has 104 valence electrons. The first kappa shape index (κ1) is 14.6. The van der Waals surface area contributed by atoms with Crippen molar-refractivity contribution >= 4 is 33.2 Å². The van der Waals surface area contributed by atoms with Crippen LogP contribution in [0.25, 0.3) is 0 Å². The first-order valence-electron chi connectivity index (χ1n) is 6.56. The Hall–Kier alpha value is -1.81. The van der Waals surface area contributed by atoms with E-state index in [2.05, 4.69) is 33.5 Å². The van der Waals surface area contributed by atoms with Crippen LogP contribution < -0.4 is 10.6 Å². The molecule has 0 fully saturated rings. The molecule has 2 aromatic carbocycles. The van der Waals surface area contributed by atoms with Crippen LogP contribution in [0.1, 0.15) is 12.5 Å². The lowest BCUT2D eigenvalue weighted by molar-refractivity contribution is -0.114. The summed E-state index contributed by atoms with van der Waals surface area (Å²) in [4.78, 5) is 12.0. The summed E-state index contributed by atoms with van der Waals surface area (Å²) in [6.45, 7) is 2.32. The number of halogens is 1. The molecule has 0 aliphatic heterocycles. The van der Waals surface area contributed by atoms with E-state index in [4.69, 9.17) is 0 Å². The van der Waals surface area contributed by atoms with Crippen molar-refractivity contribution in [3.63, 3.8) is 0 Å². The number of benzene rings is 2. The number of carbonyl (C=O) groups is 1. The van der Waals surface area contributed by atoms with Crippen LogP contribution in [0.5, 0.6) is 0 Å². The number of nitrogens with one attached hydrogen (secondary N) is 2. The van der Waals surface area contributed by atoms with E-state index in [-0.39, 0.29) is 12.5 Å². The van der Waals surface area contributed by atoms with Gasteiger partial charge in [-0.2, -0.15) is 0 Å². The summed E-state index contributed by atoms with van der Waals surface area (Å²) >= 11 is 3.44. The number of hydrogen-bond donors (Lipinski definition) is 2. The van der Waals surface area contributed by atoms with Crippen LogP contribution in [0.15, 0.2) is 53.0 Å². The third kappa shape index (κ3) is 4.10. The van der Waals surface area contributed by atoms with Gasteiger partial charge in [0.2, 0.25) is 5.91 Å². The van der Waals surface area contributed by atoms with Crippen LogP contribution >= 0.6 is 15.9 Å². The summed E-state index contributed by atoms with van der Waals surface area (Å²) in [5.74, 6) is -0.0501. The van der Waals surface area contributed by atoms with Crippen molar-refractivity contribution in [3.05, 3.63) is 58.6 Å². The number of amides is 1. The Bertz CT molecular complexity index is 584. The fraction of sp³-hybridized carbons (Fsp3) is 0.188. The summed E-state index contributed by atoms with van der Waals surface area (Å²) in [6.07, 6.45) is 0.876. The van der Waals surface area contributed by atoms with Crippen molar-refractivity contribution in [1.82, 2.24) is 0 Å². The van der Waals surface area contributed by atoms with Gasteiger partial charge in [0.15, 0.2) is 0 Å². The van der Waals surface area contributed by atoms with Crippen LogP contribution in [0.3, 0.4) is 0 Å². The van der Waals surface area contributed by atoms with Crippen molar-refractivity contribution in [1.29, 1.82) is 0 Å². The zero-order valence-electron chi connectivity index (χ0n) is 11.3. The number of aryl methyl sites for hydroxylation is 1. The van der Waals surface area contributed by atoms with Gasteiger partial charge in [-0.15, -0.1) is 0 Å². The maximum atomic E-state index is 12.0. The molecule has 3 nitrogen and oxygen atoms in total. The van der Waals surface area contributed by atoms with E-state index in [9.17, 15) is 4.79 Å². The Labute approximate surface area is 127 Å². The van der Waals surface area contributed by atoms with Crippen LogP contribution in [0.4, 0.5) is 11.4 Å². The lowest BCUT2D eigenvalue weighted by Crippen LogP contribution is -2.22. The normalized spacial score (nSPS) is 10.1. The fourth-order valence-corrected chi connectivity index (χ4v) is 2.32. The van der Waals surface area contributed by atoms with Crippen molar-refractivity contribution in [3.8, 4) is 0 Å². The molecule has 0 radical (unpaired) electrons. The number of carbonyl (C=O) groups excluding carboxylic acids is 1. The van der Waals surface area contributed by atoms with Gasteiger partial charge in [-0.3, -0.25) is 4.79 Å². The Morgan fingerprint density at radius 1 is 1.15 bits per heavy atom. The molecule has 20 heavy (non-hydrogen) atoms. The highest BCUT2D eigenvalue weighted by atomic mass is 79.9. The summed E-state index contributed by atoms with van der Waals surface area (Å²) < 4.78 is 1.02. The second kappa shape index (κ2) is 7.10. The van der Waals surface area contributed by atoms with E-state index >= 15 is 0 Å². The van der Waals surface area contributed by atoms with Gasteiger partial charge in [-0.25, -0.2) is 0 Å². The summed E-state index contributed by atoms with van der Waals surface area (Å²) in [5, 5.41) is 6.03. The highest BCUT2D eigenvalue weighted by Gasteiger charge is 2.06. The topological polar surface area (TPSA) is 41.1 Å². The third-order valence-corrected chi connectivity index (χ3v) is 3.44. The Morgan fingerprint density at radius 2 is 1.90 bits per heavy atom. The van der Waals surface area contributed by atoms with Gasteiger partial charge < -0.3 is 10.6 Å². The maximum Gasteiger partial charge on any atom is 0.243 e. The number of para-hydroxylation sites is 1. The molecule has 4 heteroatoms. The molecule has 2 aromatic rings. The zero-order chi connectivity index (χ0) is 14.4. The Morgan fingerprint density at radius 3 is 2.60 bits per heavy atom. The first-order valence-corrected chi connectivity index (χ1v) is 7.35. The summed E-state index contributed by atoms with van der Waals surface area (Å²) in [5.41, 5.74) is 2.93. The number of rotatable bonds is 5. The Kier molecular flexibility index (Phi) is 5.18. The van der Waals surface area contributed by atoms with Gasteiger partial charge in [0.25, 0.3) is 0 Å². The molecule has 0 aromatic heterocycles. The number of hydrogen-bond acceptors (Lipinski definition) is 2. The van der Waals surface area contributed by atoms with Gasteiger partial charge >= 0.3 is 0 Å². The van der Waals surface area contributed by atoms with Crippen LogP contribution in [-0.2, 0) is 11.2 Å². The van der Waals surface area contributed by atoms with E-state index in [0.29, 0.717) is 0 Å². The SMILES string of the molecule is CCc1cc(Br)ccc1NC(=O)CNc1ccccc1. The molecule has 0 heterocycles. The van der Waals surface area contributed by atoms with Gasteiger partial charge in [0.1, 0.15) is 0 Å². The molecule has 0 bridgehead atoms. The van der Waals surface area contributed by atoms with E-state index in [0.717, 1.165) is 27.8 Å². The van der Waals surface area contributed by atoms with E-state index < -0.39 is 0 Å². The van der Waals surface area contributed by atoms with Crippen LogP contribution in [0, 0.1) is 0 Å². The van der Waals surface area contributed by atoms with E-state index in [1.165, 1.54) is 0 Å². The molecule has 2 N–H and O–H groups in total. The average Bonchev–Trinajstić information content (AvgIpc) is 2.48. The average molecular weight is 333 g/mol. The van der Waals surface area contributed by atoms with Crippen LogP contribution in [0.2, 0.25) is 0 Å². The molecule has 0 atom stereocenters. The molecule has 0 saturated carbocycles. The smallest absolute Gasteiger partial charge is 0.243 e. The molecule has 0 saturated heterocycles. The van der Waals surface area contributed by atoms with Gasteiger partial charge in [-0.05, 0) is 42.3 Å². The van der Waals surface area contributed by atoms with Crippen molar-refractivity contribution in [2.45, 2.75) is 13.3 Å². The van der Waals surface area contributed by atoms with Gasteiger partial charge in [-0.1, -0.05) is 41.1 Å². The van der Waals surface area contributed by atoms with E-state index in [1.54, 1.807) is 0 Å². The molecular formula is C16H17BrN2O. The first-order chi connectivity index (χ1) is 9.69. The largest absolute Gasteiger partial charge is 0.376 e. The van der Waals surface area contributed by atoms with Gasteiger partial charge in [0.05, 0.1) is 6.54 Å². The summed E-state index contributed by atoms with van der Waals surface area (Å²) in [6, 6.07) is 15.6. The second-order valence-corrected chi connectivity index (χ2v) is 5.34. The predicted octanol–water partition coefficient (Wildman–Crippen LogP) is 4.06. The maximum absolute atomic E-state index is 12.0. The third-order valence-electron chi connectivity index (χ3n) is 2.95. The minimum atomic E-state index is -0.0501. The fourth-order valence-electron chi connectivity index (χ4n) is 1.91. The highest BCUT2D eigenvalue weighted by Crippen LogP contribution is 2.21. The molecule has 0 spiro atoms. The monoisotopic (exact) mass is 332 g/mol. The standard InChI is InChI=1S/C16H17BrN2O/c1-2-12-10-13(17)8-9-15(12)19-16(20)11-18-14-6-4-3-5-7-14/h3-10,18H,2,11H2,1H3,(H,19,20). The van der Waals surface area contributed by atoms with Gasteiger partial charge in [0, 0.05) is 15.8 Å². The van der Waals surface area contributed by atoms with E-state index in [1.807, 2.05) is 48.5 Å². The molecule has 2 rings (SSSR count). The van der Waals surface area contributed by atoms with Crippen molar-refractivity contribution < 1.29 is 4.79 Å². The lowest BCUT2D eigenvalue weighted by Gasteiger charge is -2.11. The molecule has 1 amide bonds. The molecule has 0 unspecified atom stereocenters. The van der Waals surface area contributed by atoms with Crippen molar-refractivity contribution in [2.24, 2.45) is 0 Å². The zero-order valence-corrected chi connectivity index (χ0v) is 12.9. The minimum Gasteiger partial charge on any atom is -0.376 e. The quantitative estimate of drug-likeness (QED) is 0.866. The molecular weight excluding hydrogens is 316 g/mol.